The lowest BCUT2D eigenvalue weighted by atomic mass is 10.1. The molecule has 2 rings (SSSR count). The molecule has 1 atom stereocenters. The molecule has 0 aliphatic carbocycles. The first-order chi connectivity index (χ1) is 13.8. The minimum Gasteiger partial charge on any atom is -0.453 e. The number of hydrogen-bond acceptors (Lipinski definition) is 7. The number of ketones is 1. The molecule has 2 aromatic rings. The molecule has 0 N–H and O–H groups in total. The smallest absolute Gasteiger partial charge is 0.349 e. The molecule has 0 aliphatic rings. The molecule has 0 radical (unpaired) electrons. The maximum Gasteiger partial charge on any atom is 0.349 e. The van der Waals surface area contributed by atoms with E-state index in [2.05, 4.69) is 16.5 Å². The summed E-state index contributed by atoms with van der Waals surface area (Å²) in [5.74, 6) is -2.56. The number of ether oxygens (including phenoxy) is 1. The van der Waals surface area contributed by atoms with E-state index in [-0.39, 0.29) is 5.57 Å². The predicted molar refractivity (Wildman–Crippen MR) is 109 cm³/mol. The summed E-state index contributed by atoms with van der Waals surface area (Å²) in [5, 5.41) is 20.7. The molecular weight excluding hydrogens is 388 g/mol. The number of aromatic nitrogens is 2. The number of aryl methyl sites for hydroxylation is 2. The fraction of sp³-hybridized carbons (Fsp3) is 0.381. The van der Waals surface area contributed by atoms with E-state index in [4.69, 9.17) is 4.74 Å². The van der Waals surface area contributed by atoms with Crippen LogP contribution >= 0.6 is 11.3 Å². The topological polar surface area (TPSA) is 109 Å². The van der Waals surface area contributed by atoms with E-state index in [0.29, 0.717) is 10.7 Å². The highest BCUT2D eigenvalue weighted by Crippen LogP contribution is 2.22. The molecule has 0 bridgehead atoms. The highest BCUT2D eigenvalue weighted by molar-refractivity contribution is 7.09. The van der Waals surface area contributed by atoms with Crippen LogP contribution < -0.4 is 0 Å². The average molecular weight is 410 g/mol. The maximum atomic E-state index is 12.3. The zero-order valence-electron chi connectivity index (χ0n) is 16.9. The first-order valence-corrected chi connectivity index (χ1v) is 10.00. The maximum absolute atomic E-state index is 12.3. The normalized spacial score (nSPS) is 12.1. The van der Waals surface area contributed by atoms with Crippen molar-refractivity contribution >= 4 is 29.2 Å². The fourth-order valence-corrected chi connectivity index (χ4v) is 3.76. The second-order valence-electron chi connectivity index (χ2n) is 6.58. The molecule has 0 fully saturated rings. The number of carbonyl (C=O) groups excluding carboxylic acids is 2. The van der Waals surface area contributed by atoms with Crippen molar-refractivity contribution in [2.45, 2.75) is 46.6 Å². The molecule has 0 aliphatic heterocycles. The van der Waals surface area contributed by atoms with Gasteiger partial charge in [0.1, 0.15) is 16.6 Å². The van der Waals surface area contributed by atoms with Crippen LogP contribution in [0.1, 0.15) is 46.9 Å². The highest BCUT2D eigenvalue weighted by Gasteiger charge is 2.25. The van der Waals surface area contributed by atoms with E-state index in [1.807, 2.05) is 32.1 Å². The zero-order chi connectivity index (χ0) is 21.6. The van der Waals surface area contributed by atoms with Gasteiger partial charge in [0.25, 0.3) is 0 Å². The summed E-state index contributed by atoms with van der Waals surface area (Å²) in [4.78, 5) is 28.7. The molecule has 2 aromatic heterocycles. The molecule has 0 amide bonds. The van der Waals surface area contributed by atoms with E-state index < -0.39 is 24.3 Å². The lowest BCUT2D eigenvalue weighted by Crippen LogP contribution is -2.20. The van der Waals surface area contributed by atoms with E-state index in [9.17, 15) is 20.1 Å². The fourth-order valence-electron chi connectivity index (χ4n) is 2.90. The Morgan fingerprint density at radius 3 is 2.62 bits per heavy atom. The molecule has 7 nitrogen and oxygen atoms in total. The Morgan fingerprint density at radius 1 is 1.34 bits per heavy atom. The number of nitriles is 2. The van der Waals surface area contributed by atoms with Crippen molar-refractivity contribution < 1.29 is 14.3 Å². The number of rotatable bonds is 8. The monoisotopic (exact) mass is 410 g/mol. The van der Waals surface area contributed by atoms with Gasteiger partial charge in [0.15, 0.2) is 18.3 Å². The van der Waals surface area contributed by atoms with E-state index in [0.717, 1.165) is 29.9 Å². The Morgan fingerprint density at radius 2 is 2.07 bits per heavy atom. The minimum atomic E-state index is -1.09. The molecule has 0 saturated carbocycles. The summed E-state index contributed by atoms with van der Waals surface area (Å²) in [5.41, 5.74) is 3.25. The number of esters is 1. The van der Waals surface area contributed by atoms with Crippen molar-refractivity contribution in [3.05, 3.63) is 44.7 Å². The van der Waals surface area contributed by atoms with Gasteiger partial charge in [-0.05, 0) is 44.9 Å². The SMILES string of the molecule is CCCn1c(C)cc(/C=C(\C#N)C(=O)OCC(=O)[C@H](C#N)c2nc(C)cs2)c1C. The van der Waals surface area contributed by atoms with E-state index in [1.54, 1.807) is 12.3 Å². The number of thiazole rings is 1. The Balaban J connectivity index is 2.11. The minimum absolute atomic E-state index is 0.201. The Bertz CT molecular complexity index is 1030. The predicted octanol–water partition coefficient (Wildman–Crippen LogP) is 3.61. The van der Waals surface area contributed by atoms with Gasteiger partial charge in [0, 0.05) is 29.0 Å². The Hall–Kier alpha value is -3.23. The number of hydrogen-bond donors (Lipinski definition) is 0. The van der Waals surface area contributed by atoms with Crippen LogP contribution in [0, 0.1) is 43.4 Å². The van der Waals surface area contributed by atoms with Gasteiger partial charge in [-0.3, -0.25) is 4.79 Å². The van der Waals surface area contributed by atoms with Crippen LogP contribution in [0.3, 0.4) is 0 Å². The van der Waals surface area contributed by atoms with Crippen LogP contribution in [0.15, 0.2) is 17.0 Å². The Kier molecular flexibility index (Phi) is 7.46. The third-order valence-corrected chi connectivity index (χ3v) is 5.41. The van der Waals surface area contributed by atoms with Crippen molar-refractivity contribution in [2.24, 2.45) is 0 Å². The molecule has 0 aromatic carbocycles. The van der Waals surface area contributed by atoms with Gasteiger partial charge in [0.05, 0.1) is 6.07 Å². The van der Waals surface area contributed by atoms with Gasteiger partial charge in [-0.2, -0.15) is 10.5 Å². The molecule has 150 valence electrons. The summed E-state index contributed by atoms with van der Waals surface area (Å²) in [6.07, 6.45) is 2.43. The van der Waals surface area contributed by atoms with Crippen molar-refractivity contribution in [3.63, 3.8) is 0 Å². The molecule has 2 heterocycles. The van der Waals surface area contributed by atoms with Gasteiger partial charge >= 0.3 is 5.97 Å². The number of Topliss-reactive ketones (excluding diaryl/α,β-unsaturated/α-hetero) is 1. The van der Waals surface area contributed by atoms with Gasteiger partial charge in [-0.15, -0.1) is 11.3 Å². The molecule has 0 saturated heterocycles. The van der Waals surface area contributed by atoms with Crippen LogP contribution in [-0.4, -0.2) is 27.9 Å². The van der Waals surface area contributed by atoms with E-state index >= 15 is 0 Å². The summed E-state index contributed by atoms with van der Waals surface area (Å²) in [6.45, 7) is 7.98. The van der Waals surface area contributed by atoms with Gasteiger partial charge in [0.2, 0.25) is 0 Å². The lowest BCUT2D eigenvalue weighted by molar-refractivity contribution is -0.143. The number of nitrogens with zero attached hydrogens (tertiary/aromatic N) is 4. The molecule has 0 unspecified atom stereocenters. The van der Waals surface area contributed by atoms with Crippen molar-refractivity contribution in [3.8, 4) is 12.1 Å². The summed E-state index contributed by atoms with van der Waals surface area (Å²) in [6, 6.07) is 5.62. The highest BCUT2D eigenvalue weighted by atomic mass is 32.1. The van der Waals surface area contributed by atoms with Crippen molar-refractivity contribution in [1.29, 1.82) is 10.5 Å². The Labute approximate surface area is 173 Å². The van der Waals surface area contributed by atoms with Crippen LogP contribution in [0.5, 0.6) is 0 Å². The van der Waals surface area contributed by atoms with Gasteiger partial charge in [-0.1, -0.05) is 6.92 Å². The largest absolute Gasteiger partial charge is 0.453 e. The van der Waals surface area contributed by atoms with Crippen LogP contribution in [0.2, 0.25) is 0 Å². The van der Waals surface area contributed by atoms with Gasteiger partial charge in [-0.25, -0.2) is 9.78 Å². The van der Waals surface area contributed by atoms with Gasteiger partial charge < -0.3 is 9.30 Å². The lowest BCUT2D eigenvalue weighted by Gasteiger charge is -2.07. The van der Waals surface area contributed by atoms with Crippen molar-refractivity contribution in [2.75, 3.05) is 6.61 Å². The average Bonchev–Trinajstić information content (AvgIpc) is 3.23. The standard InChI is InChI=1S/C21H22N4O3S/c1-5-6-25-14(3)7-16(15(25)4)8-17(9-22)21(27)28-11-19(26)18(10-23)20-24-13(2)12-29-20/h7-8,12,18H,5-6,11H2,1-4H3/b17-8+/t18-/m0/s1. The molecule has 8 heteroatoms. The van der Waals surface area contributed by atoms with Crippen molar-refractivity contribution in [1.82, 2.24) is 9.55 Å². The molecule has 29 heavy (non-hydrogen) atoms. The first-order valence-electron chi connectivity index (χ1n) is 9.12. The van der Waals surface area contributed by atoms with E-state index in [1.165, 1.54) is 17.4 Å². The molecule has 0 spiro atoms. The van der Waals surface area contributed by atoms with Crippen LogP contribution in [0.25, 0.3) is 6.08 Å². The summed E-state index contributed by atoms with van der Waals surface area (Å²) < 4.78 is 7.12. The summed E-state index contributed by atoms with van der Waals surface area (Å²) in [7, 11) is 0. The zero-order valence-corrected chi connectivity index (χ0v) is 17.7. The third kappa shape index (κ3) is 5.18. The first kappa shape index (κ1) is 22.1. The third-order valence-electron chi connectivity index (χ3n) is 4.38. The van der Waals surface area contributed by atoms with Crippen LogP contribution in [-0.2, 0) is 20.9 Å². The quantitative estimate of drug-likeness (QED) is 0.374. The second kappa shape index (κ2) is 9.81. The summed E-state index contributed by atoms with van der Waals surface area (Å²) >= 11 is 1.21. The number of carbonyl (C=O) groups is 2. The van der Waals surface area contributed by atoms with Crippen LogP contribution in [0.4, 0.5) is 0 Å². The molecular formula is C21H22N4O3S. The second-order valence-corrected chi connectivity index (χ2v) is 7.47.